The van der Waals surface area contributed by atoms with Crippen molar-refractivity contribution >= 4 is 11.7 Å². The van der Waals surface area contributed by atoms with Crippen molar-refractivity contribution in [2.24, 2.45) is 0 Å². The molecule has 0 radical (unpaired) electrons. The summed E-state index contributed by atoms with van der Waals surface area (Å²) in [5.74, 6) is -2.84. The van der Waals surface area contributed by atoms with E-state index in [9.17, 15) is 28.1 Å². The number of carbonyl (C=O) groups excluding carboxylic acids is 1. The van der Waals surface area contributed by atoms with Gasteiger partial charge < -0.3 is 34.7 Å². The normalized spacial score (nSPS) is 26.8. The third kappa shape index (κ3) is 5.53. The van der Waals surface area contributed by atoms with Gasteiger partial charge in [0.25, 0.3) is 0 Å². The summed E-state index contributed by atoms with van der Waals surface area (Å²) < 4.78 is 49.5. The number of alkyl halides is 3. The molecule has 1 unspecified atom stereocenters. The molecule has 4 rings (SSSR count). The fourth-order valence-corrected chi connectivity index (χ4v) is 4.15. The van der Waals surface area contributed by atoms with Crippen molar-refractivity contribution in [1.29, 1.82) is 0 Å². The van der Waals surface area contributed by atoms with Crippen LogP contribution in [0.5, 0.6) is 5.75 Å². The van der Waals surface area contributed by atoms with Crippen LogP contribution in [0.15, 0.2) is 36.3 Å². The van der Waals surface area contributed by atoms with Crippen LogP contribution in [-0.4, -0.2) is 77.8 Å². The Bertz CT molecular complexity index is 975. The third-order valence-electron chi connectivity index (χ3n) is 5.98. The molecule has 0 aliphatic carbocycles. The second-order valence-electron chi connectivity index (χ2n) is 8.67. The van der Waals surface area contributed by atoms with E-state index in [1.54, 1.807) is 0 Å². The van der Waals surface area contributed by atoms with Gasteiger partial charge in [-0.1, -0.05) is 0 Å². The van der Waals surface area contributed by atoms with Crippen molar-refractivity contribution in [1.82, 2.24) is 15.3 Å². The minimum atomic E-state index is -5.32. The van der Waals surface area contributed by atoms with Gasteiger partial charge in [-0.2, -0.15) is 13.2 Å². The van der Waals surface area contributed by atoms with E-state index in [0.717, 1.165) is 25.0 Å². The summed E-state index contributed by atoms with van der Waals surface area (Å²) >= 11 is 0. The smallest absolute Gasteiger partial charge is 0.491 e. The van der Waals surface area contributed by atoms with Crippen molar-refractivity contribution in [3.05, 3.63) is 46.4 Å². The molecule has 0 bridgehead atoms. The standard InChI is InChI=1S/C21H26F3N5O6/c1-13-10-27(14(2)9-25-13)15-3-5-16(6-4-15)33-12-17-7-8-26-11-18(29(31)32)28(20(26)34-17)35-19(30)21(22,23)24/h3-6,11,13-14,17,20,25H,7-10,12H2,1-2H3/t13-,14+,17-,20?/m1/s1. The first-order valence-electron chi connectivity index (χ1n) is 11.1. The molecule has 35 heavy (non-hydrogen) atoms. The second kappa shape index (κ2) is 9.77. The van der Waals surface area contributed by atoms with Crippen LogP contribution in [0.3, 0.4) is 0 Å². The van der Waals surface area contributed by atoms with Crippen LogP contribution >= 0.6 is 0 Å². The van der Waals surface area contributed by atoms with Gasteiger partial charge in [-0.15, -0.1) is 0 Å². The number of rotatable bonds is 6. The summed E-state index contributed by atoms with van der Waals surface area (Å²) in [5, 5.41) is 14.9. The van der Waals surface area contributed by atoms with Crippen LogP contribution in [0.2, 0.25) is 0 Å². The fraction of sp³-hybridized carbons (Fsp3) is 0.571. The molecule has 0 amide bonds. The minimum Gasteiger partial charge on any atom is -0.491 e. The van der Waals surface area contributed by atoms with Crippen molar-refractivity contribution in [2.45, 2.75) is 51.0 Å². The van der Waals surface area contributed by atoms with Gasteiger partial charge in [0.2, 0.25) is 0 Å². The topological polar surface area (TPSA) is 110 Å². The number of hydrogen-bond donors (Lipinski definition) is 1. The van der Waals surface area contributed by atoms with Gasteiger partial charge in [-0.3, -0.25) is 0 Å². The molecule has 0 aromatic heterocycles. The molecule has 3 aliphatic heterocycles. The molecule has 4 atom stereocenters. The molecule has 0 spiro atoms. The number of nitrogens with zero attached hydrogens (tertiary/aromatic N) is 4. The molecule has 11 nitrogen and oxygen atoms in total. The molecule has 192 valence electrons. The number of hydrogen-bond acceptors (Lipinski definition) is 10. The number of anilines is 1. The molecule has 1 N–H and O–H groups in total. The second-order valence-corrected chi connectivity index (χ2v) is 8.67. The Kier molecular flexibility index (Phi) is 6.94. The van der Waals surface area contributed by atoms with Gasteiger partial charge in [0.05, 0.1) is 6.10 Å². The van der Waals surface area contributed by atoms with Crippen LogP contribution in [-0.2, 0) is 14.4 Å². The lowest BCUT2D eigenvalue weighted by Crippen LogP contribution is -2.54. The largest absolute Gasteiger partial charge is 0.495 e. The maximum atomic E-state index is 12.7. The summed E-state index contributed by atoms with van der Waals surface area (Å²) in [5.41, 5.74) is 1.06. The molecular weight excluding hydrogens is 475 g/mol. The van der Waals surface area contributed by atoms with Gasteiger partial charge in [-0.05, 0) is 54.5 Å². The van der Waals surface area contributed by atoms with E-state index in [2.05, 4.69) is 28.9 Å². The zero-order valence-corrected chi connectivity index (χ0v) is 19.1. The van der Waals surface area contributed by atoms with Crippen LogP contribution < -0.4 is 15.0 Å². The highest BCUT2D eigenvalue weighted by molar-refractivity contribution is 5.75. The highest BCUT2D eigenvalue weighted by Crippen LogP contribution is 2.32. The van der Waals surface area contributed by atoms with E-state index in [1.807, 2.05) is 24.3 Å². The third-order valence-corrected chi connectivity index (χ3v) is 5.98. The first-order chi connectivity index (χ1) is 16.5. The lowest BCUT2D eigenvalue weighted by Gasteiger charge is -2.39. The van der Waals surface area contributed by atoms with Crippen molar-refractivity contribution in [3.8, 4) is 5.75 Å². The Labute approximate surface area is 199 Å². The van der Waals surface area contributed by atoms with E-state index in [-0.39, 0.29) is 18.2 Å². The van der Waals surface area contributed by atoms with Crippen LogP contribution in [0.4, 0.5) is 18.9 Å². The number of nitro groups is 1. The van der Waals surface area contributed by atoms with Crippen LogP contribution in [0, 0.1) is 10.1 Å². The number of carbonyl (C=O) groups is 1. The summed E-state index contributed by atoms with van der Waals surface area (Å²) in [6.07, 6.45) is -5.94. The zero-order valence-electron chi connectivity index (χ0n) is 19.1. The fourth-order valence-electron chi connectivity index (χ4n) is 4.15. The van der Waals surface area contributed by atoms with Crippen molar-refractivity contribution in [2.75, 3.05) is 31.1 Å². The van der Waals surface area contributed by atoms with E-state index in [1.165, 1.54) is 4.90 Å². The Morgan fingerprint density at radius 3 is 2.66 bits per heavy atom. The predicted octanol–water partition coefficient (Wildman–Crippen LogP) is 2.04. The van der Waals surface area contributed by atoms with Gasteiger partial charge in [0.1, 0.15) is 18.6 Å². The van der Waals surface area contributed by atoms with Gasteiger partial charge >= 0.3 is 24.3 Å². The van der Waals surface area contributed by atoms with Gasteiger partial charge in [0.15, 0.2) is 0 Å². The highest BCUT2D eigenvalue weighted by Gasteiger charge is 2.53. The molecule has 1 aromatic rings. The minimum absolute atomic E-state index is 0.0552. The summed E-state index contributed by atoms with van der Waals surface area (Å²) in [6.45, 7) is 6.32. The molecular formula is C21H26F3N5O6. The van der Waals surface area contributed by atoms with Crippen molar-refractivity contribution in [3.63, 3.8) is 0 Å². The Hall–Kier alpha value is -3.26. The number of fused-ring (bicyclic) bond motifs is 1. The van der Waals surface area contributed by atoms with Crippen molar-refractivity contribution < 1.29 is 37.2 Å². The monoisotopic (exact) mass is 501 g/mol. The Morgan fingerprint density at radius 1 is 1.29 bits per heavy atom. The first kappa shape index (κ1) is 24.9. The number of halogens is 3. The summed E-state index contributed by atoms with van der Waals surface area (Å²) in [6, 6.07) is 8.27. The van der Waals surface area contributed by atoms with Gasteiger partial charge in [0, 0.05) is 37.4 Å². The lowest BCUT2D eigenvalue weighted by molar-refractivity contribution is -0.473. The Balaban J connectivity index is 1.36. The number of ether oxygens (including phenoxy) is 2. The quantitative estimate of drug-likeness (QED) is 0.459. The molecule has 2 saturated heterocycles. The average molecular weight is 501 g/mol. The average Bonchev–Trinajstić information content (AvgIpc) is 3.17. The number of piperazine rings is 1. The SMILES string of the molecule is C[C@@H]1CN(c2ccc(OC[C@H]3CCN4C=C([N+](=O)[O-])N(OC(=O)C(F)(F)F)C4O3)cc2)[C@@H](C)CN1. The highest BCUT2D eigenvalue weighted by atomic mass is 19.4. The summed E-state index contributed by atoms with van der Waals surface area (Å²) in [4.78, 5) is 29.5. The van der Waals surface area contributed by atoms with E-state index < -0.39 is 35.3 Å². The summed E-state index contributed by atoms with van der Waals surface area (Å²) in [7, 11) is 0. The number of nitrogens with one attached hydrogen (secondary N) is 1. The molecule has 3 aliphatic rings. The zero-order chi connectivity index (χ0) is 25.3. The maximum Gasteiger partial charge on any atom is 0.495 e. The first-order valence-corrected chi connectivity index (χ1v) is 11.1. The van der Waals surface area contributed by atoms with Gasteiger partial charge in [-0.25, -0.2) is 9.63 Å². The molecule has 0 saturated carbocycles. The lowest BCUT2D eigenvalue weighted by atomic mass is 10.1. The van der Waals surface area contributed by atoms with E-state index in [0.29, 0.717) is 24.3 Å². The maximum absolute atomic E-state index is 12.7. The molecule has 3 heterocycles. The number of benzene rings is 1. The van der Waals surface area contributed by atoms with Crippen LogP contribution in [0.1, 0.15) is 20.3 Å². The Morgan fingerprint density at radius 2 is 2.00 bits per heavy atom. The van der Waals surface area contributed by atoms with E-state index in [4.69, 9.17) is 9.47 Å². The number of hydroxylamine groups is 2. The predicted molar refractivity (Wildman–Crippen MR) is 115 cm³/mol. The molecule has 1 aromatic carbocycles. The molecule has 2 fully saturated rings. The van der Waals surface area contributed by atoms with Crippen LogP contribution in [0.25, 0.3) is 0 Å². The van der Waals surface area contributed by atoms with E-state index >= 15 is 0 Å². The molecule has 14 heteroatoms.